The van der Waals surface area contributed by atoms with Crippen molar-refractivity contribution in [2.24, 2.45) is 5.92 Å². The van der Waals surface area contributed by atoms with Crippen LogP contribution in [0.1, 0.15) is 32.1 Å². The van der Waals surface area contributed by atoms with E-state index >= 15 is 0 Å². The second-order valence-electron chi connectivity index (χ2n) is 5.02. The third-order valence-electron chi connectivity index (χ3n) is 3.87. The Morgan fingerprint density at radius 1 is 1.19 bits per heavy atom. The van der Waals surface area contributed by atoms with Crippen molar-refractivity contribution in [1.82, 2.24) is 10.2 Å². The van der Waals surface area contributed by atoms with Crippen molar-refractivity contribution in [1.29, 1.82) is 0 Å². The summed E-state index contributed by atoms with van der Waals surface area (Å²) >= 11 is 0. The van der Waals surface area contributed by atoms with Gasteiger partial charge in [-0.1, -0.05) is 6.42 Å². The Hall–Kier alpha value is 0.170. The number of nitrogens with one attached hydrogen (secondary N) is 1. The fourth-order valence-corrected chi connectivity index (χ4v) is 2.71. The van der Waals surface area contributed by atoms with E-state index in [-0.39, 0.29) is 12.4 Å². The van der Waals surface area contributed by atoms with Gasteiger partial charge in [0.25, 0.3) is 0 Å². The molecule has 2 aliphatic rings. The highest BCUT2D eigenvalue weighted by atomic mass is 35.5. The molecule has 96 valence electrons. The second-order valence-corrected chi connectivity index (χ2v) is 5.02. The van der Waals surface area contributed by atoms with E-state index in [4.69, 9.17) is 5.11 Å². The highest BCUT2D eigenvalue weighted by Crippen LogP contribution is 2.26. The van der Waals surface area contributed by atoms with Gasteiger partial charge in [0.2, 0.25) is 0 Å². The lowest BCUT2D eigenvalue weighted by atomic mass is 9.89. The molecule has 2 N–H and O–H groups in total. The first-order valence-electron chi connectivity index (χ1n) is 6.46. The Morgan fingerprint density at radius 2 is 2.00 bits per heavy atom. The molecule has 0 radical (unpaired) electrons. The van der Waals surface area contributed by atoms with Crippen LogP contribution in [-0.4, -0.2) is 48.8 Å². The Bertz CT molecular complexity index is 182. The molecule has 0 aromatic heterocycles. The summed E-state index contributed by atoms with van der Waals surface area (Å²) in [6, 6.07) is 0.777. The third-order valence-corrected chi connectivity index (χ3v) is 3.87. The Morgan fingerprint density at radius 3 is 2.50 bits per heavy atom. The monoisotopic (exact) mass is 248 g/mol. The maximum absolute atomic E-state index is 9.08. The summed E-state index contributed by atoms with van der Waals surface area (Å²) in [6.07, 6.45) is 6.76. The summed E-state index contributed by atoms with van der Waals surface area (Å²) in [7, 11) is 0. The molecule has 0 aromatic carbocycles. The molecule has 2 rings (SSSR count). The van der Waals surface area contributed by atoms with Crippen molar-refractivity contribution in [3.63, 3.8) is 0 Å². The maximum Gasteiger partial charge on any atom is 0.0558 e. The van der Waals surface area contributed by atoms with E-state index in [2.05, 4.69) is 10.2 Å². The number of hydrogen-bond acceptors (Lipinski definition) is 3. The van der Waals surface area contributed by atoms with Gasteiger partial charge >= 0.3 is 0 Å². The van der Waals surface area contributed by atoms with E-state index in [1.165, 1.54) is 51.7 Å². The molecule has 1 unspecified atom stereocenters. The molecule has 2 fully saturated rings. The molecule has 0 spiro atoms. The molecule has 4 heteroatoms. The Balaban J connectivity index is 0.00000128. The van der Waals surface area contributed by atoms with Crippen LogP contribution in [0.25, 0.3) is 0 Å². The minimum absolute atomic E-state index is 0. The maximum atomic E-state index is 9.08. The molecule has 1 heterocycles. The van der Waals surface area contributed by atoms with Crippen LogP contribution >= 0.6 is 12.4 Å². The molecule has 16 heavy (non-hydrogen) atoms. The van der Waals surface area contributed by atoms with E-state index < -0.39 is 0 Å². The van der Waals surface area contributed by atoms with Crippen molar-refractivity contribution < 1.29 is 5.11 Å². The first-order valence-corrected chi connectivity index (χ1v) is 6.46. The van der Waals surface area contributed by atoms with Gasteiger partial charge < -0.3 is 10.4 Å². The van der Waals surface area contributed by atoms with Crippen molar-refractivity contribution in [2.45, 2.75) is 38.1 Å². The molecule has 1 saturated heterocycles. The van der Waals surface area contributed by atoms with Gasteiger partial charge in [0.15, 0.2) is 0 Å². The molecular weight excluding hydrogens is 224 g/mol. The molecule has 1 saturated carbocycles. The summed E-state index contributed by atoms with van der Waals surface area (Å²) in [4.78, 5) is 2.52. The molecule has 0 bridgehead atoms. The molecule has 1 aliphatic heterocycles. The van der Waals surface area contributed by atoms with E-state index in [1.807, 2.05) is 0 Å². The zero-order valence-electron chi connectivity index (χ0n) is 10.0. The predicted octanol–water partition coefficient (Wildman–Crippen LogP) is 1.25. The number of rotatable bonds is 5. The summed E-state index contributed by atoms with van der Waals surface area (Å²) in [6.45, 7) is 4.75. The van der Waals surface area contributed by atoms with Crippen LogP contribution < -0.4 is 5.32 Å². The zero-order chi connectivity index (χ0) is 10.5. The van der Waals surface area contributed by atoms with Crippen LogP contribution in [0.5, 0.6) is 0 Å². The Kier molecular flexibility index (Phi) is 6.66. The molecule has 0 amide bonds. The summed E-state index contributed by atoms with van der Waals surface area (Å²) in [5, 5.41) is 12.5. The van der Waals surface area contributed by atoms with E-state index in [9.17, 15) is 0 Å². The Labute approximate surface area is 105 Å². The van der Waals surface area contributed by atoms with Crippen molar-refractivity contribution in [2.75, 3.05) is 32.8 Å². The van der Waals surface area contributed by atoms with E-state index in [0.29, 0.717) is 6.61 Å². The number of hydrogen-bond donors (Lipinski definition) is 2. The third kappa shape index (κ3) is 3.88. The van der Waals surface area contributed by atoms with Crippen LogP contribution in [0.2, 0.25) is 0 Å². The van der Waals surface area contributed by atoms with Gasteiger partial charge in [0.05, 0.1) is 6.61 Å². The van der Waals surface area contributed by atoms with Crippen LogP contribution in [0.15, 0.2) is 0 Å². The number of aliphatic hydroxyl groups is 1. The van der Waals surface area contributed by atoms with Gasteiger partial charge in [0, 0.05) is 19.1 Å². The SMILES string of the molecule is Cl.OCCN(CC1CCCNC1)C1CCC1. The average molecular weight is 249 g/mol. The first-order chi connectivity index (χ1) is 7.40. The van der Waals surface area contributed by atoms with E-state index in [1.54, 1.807) is 0 Å². The quantitative estimate of drug-likeness (QED) is 0.769. The van der Waals surface area contributed by atoms with Crippen LogP contribution in [0, 0.1) is 5.92 Å². The molecule has 1 atom stereocenters. The number of nitrogens with zero attached hydrogens (tertiary/aromatic N) is 1. The van der Waals surface area contributed by atoms with Crippen molar-refractivity contribution in [3.8, 4) is 0 Å². The normalized spacial score (nSPS) is 26.2. The minimum atomic E-state index is 0. The van der Waals surface area contributed by atoms with Gasteiger partial charge in [-0.25, -0.2) is 0 Å². The van der Waals surface area contributed by atoms with Gasteiger partial charge in [-0.3, -0.25) is 4.90 Å². The molecule has 3 nitrogen and oxygen atoms in total. The van der Waals surface area contributed by atoms with Crippen LogP contribution in [-0.2, 0) is 0 Å². The van der Waals surface area contributed by atoms with Crippen LogP contribution in [0.4, 0.5) is 0 Å². The highest BCUT2D eigenvalue weighted by Gasteiger charge is 2.26. The molecular formula is C12H25ClN2O. The topological polar surface area (TPSA) is 35.5 Å². The lowest BCUT2D eigenvalue weighted by Gasteiger charge is -2.40. The highest BCUT2D eigenvalue weighted by molar-refractivity contribution is 5.85. The molecule has 0 aromatic rings. The first kappa shape index (κ1) is 14.2. The zero-order valence-corrected chi connectivity index (χ0v) is 10.8. The smallest absolute Gasteiger partial charge is 0.0558 e. The van der Waals surface area contributed by atoms with Crippen molar-refractivity contribution in [3.05, 3.63) is 0 Å². The lowest BCUT2D eigenvalue weighted by Crippen LogP contribution is -2.46. The van der Waals surface area contributed by atoms with Gasteiger partial charge in [-0.2, -0.15) is 0 Å². The average Bonchev–Trinajstić information content (AvgIpc) is 2.17. The number of halogens is 1. The largest absolute Gasteiger partial charge is 0.395 e. The predicted molar refractivity (Wildman–Crippen MR) is 69.1 cm³/mol. The summed E-state index contributed by atoms with van der Waals surface area (Å²) in [5.74, 6) is 0.811. The van der Waals surface area contributed by atoms with Gasteiger partial charge in [-0.15, -0.1) is 12.4 Å². The second kappa shape index (κ2) is 7.49. The van der Waals surface area contributed by atoms with Crippen LogP contribution in [0.3, 0.4) is 0 Å². The fourth-order valence-electron chi connectivity index (χ4n) is 2.71. The summed E-state index contributed by atoms with van der Waals surface area (Å²) in [5.41, 5.74) is 0. The van der Waals surface area contributed by atoms with E-state index in [0.717, 1.165) is 18.5 Å². The minimum Gasteiger partial charge on any atom is -0.395 e. The number of piperidine rings is 1. The lowest BCUT2D eigenvalue weighted by molar-refractivity contribution is 0.0801. The van der Waals surface area contributed by atoms with Gasteiger partial charge in [-0.05, 0) is 44.7 Å². The standard InChI is InChI=1S/C12H24N2O.ClH/c15-8-7-14(12-4-1-5-12)10-11-3-2-6-13-9-11;/h11-13,15H,1-10H2;1H. The van der Waals surface area contributed by atoms with Gasteiger partial charge in [0.1, 0.15) is 0 Å². The molecule has 1 aliphatic carbocycles. The summed E-state index contributed by atoms with van der Waals surface area (Å²) < 4.78 is 0. The fraction of sp³-hybridized carbons (Fsp3) is 1.00. The van der Waals surface area contributed by atoms with Crippen molar-refractivity contribution >= 4 is 12.4 Å². The number of aliphatic hydroxyl groups excluding tert-OH is 1.